The molecule has 0 bridgehead atoms. The molecule has 88 valence electrons. The maximum absolute atomic E-state index is 8.79. The molecule has 0 aliphatic carbocycles. The van der Waals surface area contributed by atoms with E-state index in [2.05, 4.69) is 38.2 Å². The molecule has 0 aliphatic heterocycles. The SMILES string of the molecule is CCCC(CC)NC(C)c1ccc(C#N)s1. The quantitative estimate of drug-likeness (QED) is 0.814. The van der Waals surface area contributed by atoms with E-state index in [0.717, 1.165) is 11.3 Å². The molecule has 2 unspecified atom stereocenters. The molecule has 1 N–H and O–H groups in total. The third-order valence-electron chi connectivity index (χ3n) is 2.78. The summed E-state index contributed by atoms with van der Waals surface area (Å²) >= 11 is 1.59. The maximum atomic E-state index is 8.79. The van der Waals surface area contributed by atoms with Gasteiger partial charge in [0.1, 0.15) is 10.9 Å². The summed E-state index contributed by atoms with van der Waals surface area (Å²) in [6.45, 7) is 6.61. The van der Waals surface area contributed by atoms with E-state index in [1.165, 1.54) is 17.7 Å². The van der Waals surface area contributed by atoms with Gasteiger partial charge in [0.15, 0.2) is 0 Å². The van der Waals surface area contributed by atoms with Crippen LogP contribution in [-0.2, 0) is 0 Å². The Balaban J connectivity index is 2.57. The molecule has 1 aromatic rings. The van der Waals surface area contributed by atoms with Crippen molar-refractivity contribution in [3.63, 3.8) is 0 Å². The zero-order chi connectivity index (χ0) is 12.0. The van der Waals surface area contributed by atoms with Crippen LogP contribution >= 0.6 is 11.3 Å². The summed E-state index contributed by atoms with van der Waals surface area (Å²) in [6.07, 6.45) is 3.60. The smallest absolute Gasteiger partial charge is 0.110 e. The Morgan fingerprint density at radius 1 is 1.44 bits per heavy atom. The maximum Gasteiger partial charge on any atom is 0.110 e. The summed E-state index contributed by atoms with van der Waals surface area (Å²) in [7, 11) is 0. The van der Waals surface area contributed by atoms with Crippen LogP contribution in [0.1, 0.15) is 55.8 Å². The lowest BCUT2D eigenvalue weighted by Crippen LogP contribution is -2.30. The molecule has 0 aliphatic rings. The van der Waals surface area contributed by atoms with Crippen LogP contribution in [0.25, 0.3) is 0 Å². The topological polar surface area (TPSA) is 35.8 Å². The third kappa shape index (κ3) is 3.62. The number of nitrogens with zero attached hydrogens (tertiary/aromatic N) is 1. The van der Waals surface area contributed by atoms with Gasteiger partial charge < -0.3 is 5.32 Å². The molecule has 3 heteroatoms. The second-order valence-electron chi connectivity index (χ2n) is 4.10. The Hall–Kier alpha value is -0.850. The van der Waals surface area contributed by atoms with E-state index in [0.29, 0.717) is 12.1 Å². The van der Waals surface area contributed by atoms with Crippen molar-refractivity contribution < 1.29 is 0 Å². The van der Waals surface area contributed by atoms with Crippen LogP contribution in [0.3, 0.4) is 0 Å². The van der Waals surface area contributed by atoms with Crippen LogP contribution < -0.4 is 5.32 Å². The Kier molecular flexibility index (Phi) is 5.51. The zero-order valence-electron chi connectivity index (χ0n) is 10.3. The molecule has 0 radical (unpaired) electrons. The standard InChI is InChI=1S/C13H20N2S/c1-4-6-11(5-2)15-10(3)13-8-7-12(9-14)16-13/h7-8,10-11,15H,4-6H2,1-3H3. The van der Waals surface area contributed by atoms with Crippen molar-refractivity contribution in [2.75, 3.05) is 0 Å². The fraction of sp³-hybridized carbons (Fsp3) is 0.615. The molecule has 16 heavy (non-hydrogen) atoms. The van der Waals surface area contributed by atoms with Crippen molar-refractivity contribution in [1.29, 1.82) is 5.26 Å². The summed E-state index contributed by atoms with van der Waals surface area (Å²) in [5.74, 6) is 0. The largest absolute Gasteiger partial charge is 0.307 e. The molecule has 0 aromatic carbocycles. The normalized spacial score (nSPS) is 14.4. The van der Waals surface area contributed by atoms with E-state index < -0.39 is 0 Å². The fourth-order valence-corrected chi connectivity index (χ4v) is 2.65. The van der Waals surface area contributed by atoms with Crippen molar-refractivity contribution in [1.82, 2.24) is 5.32 Å². The Morgan fingerprint density at radius 3 is 2.69 bits per heavy atom. The van der Waals surface area contributed by atoms with Crippen LogP contribution in [0.4, 0.5) is 0 Å². The van der Waals surface area contributed by atoms with Gasteiger partial charge in [-0.3, -0.25) is 0 Å². The molecule has 1 rings (SSSR count). The van der Waals surface area contributed by atoms with Gasteiger partial charge in [-0.05, 0) is 31.9 Å². The summed E-state index contributed by atoms with van der Waals surface area (Å²) in [5, 5.41) is 12.4. The molecule has 1 heterocycles. The van der Waals surface area contributed by atoms with E-state index in [1.807, 2.05) is 6.07 Å². The van der Waals surface area contributed by atoms with Crippen molar-refractivity contribution in [3.05, 3.63) is 21.9 Å². The highest BCUT2D eigenvalue weighted by atomic mass is 32.1. The van der Waals surface area contributed by atoms with Crippen molar-refractivity contribution in [3.8, 4) is 6.07 Å². The minimum Gasteiger partial charge on any atom is -0.307 e. The van der Waals surface area contributed by atoms with Crippen LogP contribution in [0.15, 0.2) is 12.1 Å². The van der Waals surface area contributed by atoms with Gasteiger partial charge in [0.05, 0.1) is 0 Å². The van der Waals surface area contributed by atoms with Crippen LogP contribution in [0.5, 0.6) is 0 Å². The average molecular weight is 236 g/mol. The van der Waals surface area contributed by atoms with Gasteiger partial charge in [0.25, 0.3) is 0 Å². The van der Waals surface area contributed by atoms with Crippen molar-refractivity contribution >= 4 is 11.3 Å². The minimum absolute atomic E-state index is 0.351. The second-order valence-corrected chi connectivity index (χ2v) is 5.21. The number of nitrogens with one attached hydrogen (secondary N) is 1. The first-order valence-corrected chi connectivity index (χ1v) is 6.78. The van der Waals surface area contributed by atoms with E-state index in [4.69, 9.17) is 5.26 Å². The number of nitriles is 1. The van der Waals surface area contributed by atoms with E-state index in [-0.39, 0.29) is 0 Å². The minimum atomic E-state index is 0.351. The lowest BCUT2D eigenvalue weighted by molar-refractivity contribution is 0.420. The van der Waals surface area contributed by atoms with Crippen LogP contribution in [0.2, 0.25) is 0 Å². The lowest BCUT2D eigenvalue weighted by Gasteiger charge is -2.21. The van der Waals surface area contributed by atoms with E-state index in [9.17, 15) is 0 Å². The Bertz CT molecular complexity index is 351. The number of rotatable bonds is 6. The highest BCUT2D eigenvalue weighted by Crippen LogP contribution is 2.23. The summed E-state index contributed by atoms with van der Waals surface area (Å²) < 4.78 is 0. The van der Waals surface area contributed by atoms with Gasteiger partial charge >= 0.3 is 0 Å². The fourth-order valence-electron chi connectivity index (χ4n) is 1.84. The summed E-state index contributed by atoms with van der Waals surface area (Å²) in [4.78, 5) is 2.05. The highest BCUT2D eigenvalue weighted by molar-refractivity contribution is 7.12. The molecule has 0 saturated carbocycles. The first-order valence-electron chi connectivity index (χ1n) is 5.97. The number of hydrogen-bond acceptors (Lipinski definition) is 3. The lowest BCUT2D eigenvalue weighted by atomic mass is 10.1. The Morgan fingerprint density at radius 2 is 2.19 bits per heavy atom. The molecule has 0 fully saturated rings. The van der Waals surface area contributed by atoms with Gasteiger partial charge in [0, 0.05) is 17.0 Å². The third-order valence-corrected chi connectivity index (χ3v) is 3.95. The zero-order valence-corrected chi connectivity index (χ0v) is 11.1. The van der Waals surface area contributed by atoms with E-state index >= 15 is 0 Å². The molecule has 2 nitrogen and oxygen atoms in total. The first kappa shape index (κ1) is 13.2. The van der Waals surface area contributed by atoms with Gasteiger partial charge in [-0.2, -0.15) is 5.26 Å². The summed E-state index contributed by atoms with van der Waals surface area (Å²) in [6, 6.07) is 7.08. The number of thiophene rings is 1. The first-order chi connectivity index (χ1) is 7.71. The van der Waals surface area contributed by atoms with Gasteiger partial charge in [-0.15, -0.1) is 11.3 Å². The van der Waals surface area contributed by atoms with Crippen LogP contribution in [-0.4, -0.2) is 6.04 Å². The van der Waals surface area contributed by atoms with Gasteiger partial charge in [-0.1, -0.05) is 20.3 Å². The van der Waals surface area contributed by atoms with E-state index in [1.54, 1.807) is 11.3 Å². The predicted octanol–water partition coefficient (Wildman–Crippen LogP) is 3.85. The molecular weight excluding hydrogens is 216 g/mol. The number of hydrogen-bond donors (Lipinski definition) is 1. The van der Waals surface area contributed by atoms with Crippen molar-refractivity contribution in [2.45, 2.75) is 52.1 Å². The summed E-state index contributed by atoms with van der Waals surface area (Å²) in [5.41, 5.74) is 0. The Labute approximate surface area is 102 Å². The molecule has 0 spiro atoms. The molecule has 1 aromatic heterocycles. The van der Waals surface area contributed by atoms with Gasteiger partial charge in [0.2, 0.25) is 0 Å². The molecule has 0 saturated heterocycles. The molecule has 2 atom stereocenters. The second kappa shape index (κ2) is 6.67. The predicted molar refractivity (Wildman–Crippen MR) is 69.6 cm³/mol. The van der Waals surface area contributed by atoms with Gasteiger partial charge in [-0.25, -0.2) is 0 Å². The average Bonchev–Trinajstić information content (AvgIpc) is 2.76. The van der Waals surface area contributed by atoms with Crippen LogP contribution in [0, 0.1) is 11.3 Å². The monoisotopic (exact) mass is 236 g/mol. The molecule has 0 amide bonds. The van der Waals surface area contributed by atoms with Crippen molar-refractivity contribution in [2.24, 2.45) is 0 Å². The molecular formula is C13H20N2S. The highest BCUT2D eigenvalue weighted by Gasteiger charge is 2.12.